The largest absolute Gasteiger partial charge is 0.493 e. The van der Waals surface area contributed by atoms with Crippen LogP contribution >= 0.6 is 11.3 Å². The molecule has 1 unspecified atom stereocenters. The molecule has 0 bridgehead atoms. The summed E-state index contributed by atoms with van der Waals surface area (Å²) in [7, 11) is 0. The molecule has 0 aliphatic rings. The van der Waals surface area contributed by atoms with Crippen molar-refractivity contribution in [3.63, 3.8) is 0 Å². The lowest BCUT2D eigenvalue weighted by molar-refractivity contribution is -0.156. The normalized spacial score (nSPS) is 11.8. The number of rotatable bonds is 11. The average molecular weight is 427 g/mol. The molecule has 0 aliphatic heterocycles. The Bertz CT molecular complexity index is 912. The van der Waals surface area contributed by atoms with E-state index in [1.165, 1.54) is 4.88 Å². The maximum Gasteiger partial charge on any atom is 0.335 e. The quantitative estimate of drug-likeness (QED) is 0.425. The summed E-state index contributed by atoms with van der Waals surface area (Å²) in [5.74, 6) is 1.22. The van der Waals surface area contributed by atoms with Crippen molar-refractivity contribution in [1.82, 2.24) is 9.97 Å². The molecule has 158 valence electrons. The molecule has 3 rings (SSSR count). The topological polar surface area (TPSA) is 70.5 Å². The summed E-state index contributed by atoms with van der Waals surface area (Å²) in [4.78, 5) is 22.8. The maximum absolute atomic E-state index is 12.0. The lowest BCUT2D eigenvalue weighted by Crippen LogP contribution is -2.28. The number of nitrogens with zero attached hydrogens (tertiary/aromatic N) is 2. The molecule has 30 heavy (non-hydrogen) atoms. The van der Waals surface area contributed by atoms with E-state index in [0.717, 1.165) is 28.4 Å². The smallest absolute Gasteiger partial charge is 0.335 e. The van der Waals surface area contributed by atoms with Gasteiger partial charge in [-0.1, -0.05) is 12.1 Å². The monoisotopic (exact) mass is 426 g/mol. The third-order valence-electron chi connectivity index (χ3n) is 4.33. The average Bonchev–Trinajstić information content (AvgIpc) is 3.24. The number of esters is 1. The predicted octanol–water partition coefficient (Wildman–Crippen LogP) is 4.34. The highest BCUT2D eigenvalue weighted by Gasteiger charge is 2.20. The van der Waals surface area contributed by atoms with Crippen LogP contribution in [0.25, 0.3) is 10.7 Å². The van der Waals surface area contributed by atoms with Crippen LogP contribution in [0.1, 0.15) is 24.3 Å². The molecular formula is C23H26N2O4S. The van der Waals surface area contributed by atoms with Gasteiger partial charge >= 0.3 is 5.97 Å². The SMILES string of the molecule is CCOC(=O)C(Cc1ccc(OCCc2ccc(-c3ncccn3)s2)cc1)OCC. The van der Waals surface area contributed by atoms with Gasteiger partial charge in [-0.2, -0.15) is 0 Å². The van der Waals surface area contributed by atoms with Crippen LogP contribution in [0, 0.1) is 0 Å². The second kappa shape index (κ2) is 11.4. The molecule has 0 saturated carbocycles. The second-order valence-electron chi connectivity index (χ2n) is 6.48. The number of aromatic nitrogens is 2. The highest BCUT2D eigenvalue weighted by atomic mass is 32.1. The van der Waals surface area contributed by atoms with Crippen LogP contribution in [0.15, 0.2) is 54.9 Å². The number of benzene rings is 1. The fraction of sp³-hybridized carbons (Fsp3) is 0.348. The summed E-state index contributed by atoms with van der Waals surface area (Å²) in [6.45, 7) is 5.05. The number of hydrogen-bond acceptors (Lipinski definition) is 7. The summed E-state index contributed by atoms with van der Waals surface area (Å²) in [5.41, 5.74) is 1.000. The Labute approximate surface area is 180 Å². The molecule has 2 heterocycles. The first-order chi connectivity index (χ1) is 14.7. The first-order valence-corrected chi connectivity index (χ1v) is 10.9. The van der Waals surface area contributed by atoms with Gasteiger partial charge in [0.25, 0.3) is 0 Å². The van der Waals surface area contributed by atoms with Crippen molar-refractivity contribution < 1.29 is 19.0 Å². The van der Waals surface area contributed by atoms with Gasteiger partial charge in [-0.15, -0.1) is 11.3 Å². The van der Waals surface area contributed by atoms with Crippen molar-refractivity contribution in [1.29, 1.82) is 0 Å². The molecular weight excluding hydrogens is 400 g/mol. The predicted molar refractivity (Wildman–Crippen MR) is 117 cm³/mol. The molecule has 6 nitrogen and oxygen atoms in total. The zero-order valence-electron chi connectivity index (χ0n) is 17.2. The molecule has 0 aliphatic carbocycles. The third-order valence-corrected chi connectivity index (χ3v) is 5.47. The molecule has 0 amide bonds. The van der Waals surface area contributed by atoms with Gasteiger partial charge in [0.2, 0.25) is 0 Å². The Balaban J connectivity index is 1.49. The second-order valence-corrected chi connectivity index (χ2v) is 7.65. The Hall–Kier alpha value is -2.77. The van der Waals surface area contributed by atoms with Crippen molar-refractivity contribution in [2.24, 2.45) is 0 Å². The number of thiophene rings is 1. The van der Waals surface area contributed by atoms with Crippen molar-refractivity contribution >= 4 is 17.3 Å². The van der Waals surface area contributed by atoms with Gasteiger partial charge in [-0.05, 0) is 49.7 Å². The van der Waals surface area contributed by atoms with Crippen LogP contribution in [0.5, 0.6) is 5.75 Å². The van der Waals surface area contributed by atoms with Crippen molar-refractivity contribution in [2.45, 2.75) is 32.8 Å². The molecule has 0 radical (unpaired) electrons. The van der Waals surface area contributed by atoms with Gasteiger partial charge in [0.1, 0.15) is 5.75 Å². The van der Waals surface area contributed by atoms with E-state index in [1.54, 1.807) is 30.7 Å². The zero-order valence-corrected chi connectivity index (χ0v) is 18.1. The Kier molecular flexibility index (Phi) is 8.35. The van der Waals surface area contributed by atoms with Crippen molar-refractivity contribution in [3.05, 3.63) is 65.3 Å². The van der Waals surface area contributed by atoms with Gasteiger partial charge in [0.15, 0.2) is 11.9 Å². The van der Waals surface area contributed by atoms with E-state index in [2.05, 4.69) is 16.0 Å². The number of carbonyl (C=O) groups is 1. The highest BCUT2D eigenvalue weighted by Crippen LogP contribution is 2.25. The van der Waals surface area contributed by atoms with Crippen LogP contribution in [0.3, 0.4) is 0 Å². The van der Waals surface area contributed by atoms with Crippen LogP contribution in [0.4, 0.5) is 0 Å². The number of carbonyl (C=O) groups excluding carboxylic acids is 1. The summed E-state index contributed by atoms with van der Waals surface area (Å²) < 4.78 is 16.5. The maximum atomic E-state index is 12.0. The Morgan fingerprint density at radius 3 is 2.50 bits per heavy atom. The summed E-state index contributed by atoms with van der Waals surface area (Å²) >= 11 is 1.68. The van der Waals surface area contributed by atoms with Crippen LogP contribution in [-0.4, -0.2) is 41.9 Å². The molecule has 7 heteroatoms. The third kappa shape index (κ3) is 6.37. The summed E-state index contributed by atoms with van der Waals surface area (Å²) in [5, 5.41) is 0. The minimum absolute atomic E-state index is 0.323. The zero-order chi connectivity index (χ0) is 21.2. The van der Waals surface area contributed by atoms with E-state index in [9.17, 15) is 4.79 Å². The van der Waals surface area contributed by atoms with Crippen LogP contribution in [0.2, 0.25) is 0 Å². The van der Waals surface area contributed by atoms with E-state index < -0.39 is 6.10 Å². The van der Waals surface area contributed by atoms with E-state index in [4.69, 9.17) is 14.2 Å². The molecule has 2 aromatic heterocycles. The molecule has 3 aromatic rings. The van der Waals surface area contributed by atoms with Crippen molar-refractivity contribution in [2.75, 3.05) is 19.8 Å². The molecule has 1 atom stereocenters. The minimum Gasteiger partial charge on any atom is -0.493 e. The van der Waals surface area contributed by atoms with E-state index in [1.807, 2.05) is 43.3 Å². The molecule has 0 fully saturated rings. The van der Waals surface area contributed by atoms with E-state index >= 15 is 0 Å². The van der Waals surface area contributed by atoms with Crippen LogP contribution in [-0.2, 0) is 27.1 Å². The fourth-order valence-corrected chi connectivity index (χ4v) is 3.85. The van der Waals surface area contributed by atoms with Gasteiger partial charge in [-0.3, -0.25) is 0 Å². The standard InChI is InChI=1S/C23H26N2O4S/c1-3-27-20(23(26)28-4-2)16-17-6-8-18(9-7-17)29-15-12-19-10-11-21(30-19)22-24-13-5-14-25-22/h5-11,13-14,20H,3-4,12,15-16H2,1-2H3. The first kappa shape index (κ1) is 21.9. The van der Waals surface area contributed by atoms with Gasteiger partial charge < -0.3 is 14.2 Å². The Morgan fingerprint density at radius 1 is 1.03 bits per heavy atom. The van der Waals surface area contributed by atoms with Gasteiger partial charge in [-0.25, -0.2) is 14.8 Å². The molecule has 0 spiro atoms. The van der Waals surface area contributed by atoms with Crippen molar-refractivity contribution in [3.8, 4) is 16.5 Å². The molecule has 0 N–H and O–H groups in total. The molecule has 0 saturated heterocycles. The summed E-state index contributed by atoms with van der Waals surface area (Å²) in [6, 6.07) is 13.7. The number of ether oxygens (including phenoxy) is 3. The minimum atomic E-state index is -0.580. The van der Waals surface area contributed by atoms with Gasteiger partial charge in [0.05, 0.1) is 18.1 Å². The lowest BCUT2D eigenvalue weighted by Gasteiger charge is -2.15. The lowest BCUT2D eigenvalue weighted by atomic mass is 10.1. The van der Waals surface area contributed by atoms with E-state index in [-0.39, 0.29) is 5.97 Å². The van der Waals surface area contributed by atoms with Gasteiger partial charge in [0, 0.05) is 36.7 Å². The number of hydrogen-bond donors (Lipinski definition) is 0. The first-order valence-electron chi connectivity index (χ1n) is 10.1. The highest BCUT2D eigenvalue weighted by molar-refractivity contribution is 7.15. The summed E-state index contributed by atoms with van der Waals surface area (Å²) in [6.07, 6.45) is 4.21. The Morgan fingerprint density at radius 2 is 1.80 bits per heavy atom. The van der Waals surface area contributed by atoms with E-state index in [0.29, 0.717) is 26.2 Å². The van der Waals surface area contributed by atoms with Crippen LogP contribution < -0.4 is 4.74 Å². The molecule has 1 aromatic carbocycles. The fourth-order valence-electron chi connectivity index (χ4n) is 2.91.